The summed E-state index contributed by atoms with van der Waals surface area (Å²) in [6.07, 6.45) is 0.956. The van der Waals surface area contributed by atoms with Crippen molar-refractivity contribution >= 4 is 29.4 Å². The van der Waals surface area contributed by atoms with Gasteiger partial charge < -0.3 is 21.7 Å². The van der Waals surface area contributed by atoms with E-state index in [0.29, 0.717) is 24.6 Å². The number of halogens is 4. The molecule has 2 aromatic rings. The number of hydrogen-bond acceptors (Lipinski definition) is 6. The van der Waals surface area contributed by atoms with E-state index in [1.807, 2.05) is 0 Å². The van der Waals surface area contributed by atoms with Crippen molar-refractivity contribution in [3.05, 3.63) is 78.2 Å². The van der Waals surface area contributed by atoms with Crippen LogP contribution in [0.1, 0.15) is 24.1 Å². The monoisotopic (exact) mass is 490 g/mol. The number of aliphatic imine (C=N–C) groups is 1. The smallest absolute Gasteiger partial charge is 0.404 e. The third kappa shape index (κ3) is 6.43. The van der Waals surface area contributed by atoms with E-state index in [0.717, 1.165) is 18.3 Å². The van der Waals surface area contributed by atoms with Crippen LogP contribution >= 0.6 is 0 Å². The highest BCUT2D eigenvalue weighted by Gasteiger charge is 2.51. The van der Waals surface area contributed by atoms with Crippen molar-refractivity contribution in [2.45, 2.75) is 31.1 Å². The van der Waals surface area contributed by atoms with Gasteiger partial charge in [0.2, 0.25) is 5.91 Å². The Labute approximate surface area is 198 Å². The van der Waals surface area contributed by atoms with Crippen LogP contribution in [-0.4, -0.2) is 28.6 Å². The molecular weight excluding hydrogens is 468 g/mol. The molecule has 5 N–H and O–H groups in total. The van der Waals surface area contributed by atoms with Gasteiger partial charge in [0.05, 0.1) is 40.9 Å². The summed E-state index contributed by atoms with van der Waals surface area (Å²) in [6, 6.07) is 5.30. The molecule has 8 nitrogen and oxygen atoms in total. The number of amides is 2. The highest BCUT2D eigenvalue weighted by Crippen LogP contribution is 2.37. The SMILES string of the molecule is C=CN=C/C(=C\N)C(=O)NC1(C(=O)NCc2ccc(Nc3ccc(F)cc3C(F)(F)F)cn2)CC1. The lowest BCUT2D eigenvalue weighted by molar-refractivity contribution is -0.137. The minimum atomic E-state index is -4.74. The molecule has 1 aliphatic rings. The van der Waals surface area contributed by atoms with E-state index >= 15 is 0 Å². The fraction of sp³-hybridized carbons (Fsp3) is 0.217. The molecule has 0 unspecified atom stereocenters. The zero-order valence-electron chi connectivity index (χ0n) is 18.3. The summed E-state index contributed by atoms with van der Waals surface area (Å²) in [7, 11) is 0. The van der Waals surface area contributed by atoms with Crippen LogP contribution in [0.2, 0.25) is 0 Å². The Kier molecular flexibility index (Phi) is 7.52. The van der Waals surface area contributed by atoms with E-state index < -0.39 is 34.9 Å². The highest BCUT2D eigenvalue weighted by atomic mass is 19.4. The van der Waals surface area contributed by atoms with E-state index in [-0.39, 0.29) is 23.5 Å². The van der Waals surface area contributed by atoms with Gasteiger partial charge in [-0.15, -0.1) is 0 Å². The van der Waals surface area contributed by atoms with E-state index in [1.54, 1.807) is 0 Å². The van der Waals surface area contributed by atoms with Gasteiger partial charge in [0.1, 0.15) is 11.4 Å². The molecule has 0 atom stereocenters. The molecule has 1 aromatic carbocycles. The molecule has 0 spiro atoms. The van der Waals surface area contributed by atoms with Gasteiger partial charge in [-0.25, -0.2) is 4.39 Å². The number of anilines is 2. The number of nitrogens with one attached hydrogen (secondary N) is 3. The lowest BCUT2D eigenvalue weighted by Crippen LogP contribution is -2.49. The average Bonchev–Trinajstić information content (AvgIpc) is 3.60. The number of nitrogens with two attached hydrogens (primary N) is 1. The van der Waals surface area contributed by atoms with Crippen LogP contribution in [0.5, 0.6) is 0 Å². The number of alkyl halides is 3. The van der Waals surface area contributed by atoms with Crippen molar-refractivity contribution in [1.29, 1.82) is 0 Å². The summed E-state index contributed by atoms with van der Waals surface area (Å²) < 4.78 is 52.8. The van der Waals surface area contributed by atoms with Crippen molar-refractivity contribution in [2.75, 3.05) is 5.32 Å². The van der Waals surface area contributed by atoms with E-state index in [1.165, 1.54) is 30.7 Å². The van der Waals surface area contributed by atoms with Gasteiger partial charge in [-0.3, -0.25) is 19.6 Å². The predicted molar refractivity (Wildman–Crippen MR) is 122 cm³/mol. The molecular formula is C23H22F4N6O2. The second kappa shape index (κ2) is 10.4. The Balaban J connectivity index is 1.59. The third-order valence-electron chi connectivity index (χ3n) is 5.12. The fourth-order valence-electron chi connectivity index (χ4n) is 3.09. The molecule has 12 heteroatoms. The van der Waals surface area contributed by atoms with Crippen LogP contribution < -0.4 is 21.7 Å². The first kappa shape index (κ1) is 25.4. The maximum atomic E-state index is 13.3. The Morgan fingerprint density at radius 1 is 1.23 bits per heavy atom. The van der Waals surface area contributed by atoms with Gasteiger partial charge in [-0.05, 0) is 43.2 Å². The molecule has 184 valence electrons. The lowest BCUT2D eigenvalue weighted by atomic mass is 10.1. The number of carbonyl (C=O) groups excluding carboxylic acids is 2. The molecule has 1 heterocycles. The lowest BCUT2D eigenvalue weighted by Gasteiger charge is -2.17. The van der Waals surface area contributed by atoms with Crippen molar-refractivity contribution in [2.24, 2.45) is 10.7 Å². The molecule has 1 fully saturated rings. The molecule has 0 saturated heterocycles. The molecule has 3 rings (SSSR count). The van der Waals surface area contributed by atoms with Crippen LogP contribution in [0.25, 0.3) is 0 Å². The molecule has 35 heavy (non-hydrogen) atoms. The maximum Gasteiger partial charge on any atom is 0.418 e. The van der Waals surface area contributed by atoms with E-state index in [9.17, 15) is 27.2 Å². The summed E-state index contributed by atoms with van der Waals surface area (Å²) >= 11 is 0. The molecule has 0 aliphatic heterocycles. The van der Waals surface area contributed by atoms with Crippen LogP contribution in [0.3, 0.4) is 0 Å². The summed E-state index contributed by atoms with van der Waals surface area (Å²) in [5, 5.41) is 7.90. The van der Waals surface area contributed by atoms with Gasteiger partial charge >= 0.3 is 6.18 Å². The van der Waals surface area contributed by atoms with Crippen molar-refractivity contribution in [3.63, 3.8) is 0 Å². The van der Waals surface area contributed by atoms with Gasteiger partial charge in [0, 0.05) is 18.6 Å². The van der Waals surface area contributed by atoms with Crippen molar-refractivity contribution in [3.8, 4) is 0 Å². The Morgan fingerprint density at radius 3 is 2.54 bits per heavy atom. The zero-order chi connectivity index (χ0) is 25.6. The Bertz CT molecular complexity index is 1170. The summed E-state index contributed by atoms with van der Waals surface area (Å²) in [5.41, 5.74) is 3.64. The molecule has 1 aromatic heterocycles. The summed E-state index contributed by atoms with van der Waals surface area (Å²) in [6.45, 7) is 3.43. The minimum Gasteiger partial charge on any atom is -0.404 e. The predicted octanol–water partition coefficient (Wildman–Crippen LogP) is 3.31. The van der Waals surface area contributed by atoms with Crippen LogP contribution in [0, 0.1) is 5.82 Å². The minimum absolute atomic E-state index is 0.0264. The maximum absolute atomic E-state index is 13.3. The quantitative estimate of drug-likeness (QED) is 0.244. The second-order valence-electron chi connectivity index (χ2n) is 7.65. The summed E-state index contributed by atoms with van der Waals surface area (Å²) in [5.74, 6) is -1.97. The van der Waals surface area contributed by atoms with Gasteiger partial charge in [-0.2, -0.15) is 13.2 Å². The molecule has 2 amide bonds. The standard InChI is InChI=1S/C23H22F4N6O2/c1-2-29-11-14(10-28)20(34)33-22(7-8-22)21(35)31-12-16-4-5-17(13-30-16)32-19-6-3-15(24)9-18(19)23(25,26)27/h2-6,9-11,13,32H,1,7-8,12,28H2,(H,31,35)(H,33,34)/b14-10+,29-11?. The normalized spacial score (nSPS) is 14.9. The molecule has 0 bridgehead atoms. The first-order valence-corrected chi connectivity index (χ1v) is 10.3. The van der Waals surface area contributed by atoms with Crippen LogP contribution in [0.15, 0.2) is 66.1 Å². The first-order valence-electron chi connectivity index (χ1n) is 10.3. The number of carbonyl (C=O) groups is 2. The highest BCUT2D eigenvalue weighted by molar-refractivity contribution is 6.13. The molecule has 1 aliphatic carbocycles. The molecule has 1 saturated carbocycles. The van der Waals surface area contributed by atoms with E-state index in [4.69, 9.17) is 5.73 Å². The average molecular weight is 490 g/mol. The Hall–Kier alpha value is -4.22. The third-order valence-corrected chi connectivity index (χ3v) is 5.12. The number of pyridine rings is 1. The van der Waals surface area contributed by atoms with Gasteiger partial charge in [-0.1, -0.05) is 6.58 Å². The van der Waals surface area contributed by atoms with E-state index in [2.05, 4.69) is 32.5 Å². The first-order chi connectivity index (χ1) is 16.6. The topological polar surface area (TPSA) is 121 Å². The number of nitrogens with zero attached hydrogens (tertiary/aromatic N) is 2. The number of aromatic nitrogens is 1. The van der Waals surface area contributed by atoms with Crippen molar-refractivity contribution in [1.82, 2.24) is 15.6 Å². The van der Waals surface area contributed by atoms with Gasteiger partial charge in [0.15, 0.2) is 0 Å². The van der Waals surface area contributed by atoms with Gasteiger partial charge in [0.25, 0.3) is 5.91 Å². The largest absolute Gasteiger partial charge is 0.418 e. The fourth-order valence-corrected chi connectivity index (χ4v) is 3.09. The second-order valence-corrected chi connectivity index (χ2v) is 7.65. The zero-order valence-corrected chi connectivity index (χ0v) is 18.3. The Morgan fingerprint density at radius 2 is 1.97 bits per heavy atom. The van der Waals surface area contributed by atoms with Crippen LogP contribution in [-0.2, 0) is 22.3 Å². The summed E-state index contributed by atoms with van der Waals surface area (Å²) in [4.78, 5) is 32.8. The molecule has 0 radical (unpaired) electrons. The van der Waals surface area contributed by atoms with Crippen LogP contribution in [0.4, 0.5) is 28.9 Å². The number of hydrogen-bond donors (Lipinski definition) is 4. The number of rotatable bonds is 9. The van der Waals surface area contributed by atoms with Crippen molar-refractivity contribution < 1.29 is 27.2 Å². The number of benzene rings is 1.